The van der Waals surface area contributed by atoms with Crippen LogP contribution in [0.4, 0.5) is 0 Å². The van der Waals surface area contributed by atoms with Crippen LogP contribution in [0.3, 0.4) is 0 Å². The van der Waals surface area contributed by atoms with E-state index in [0.717, 1.165) is 6.07 Å². The van der Waals surface area contributed by atoms with Crippen LogP contribution in [0.25, 0.3) is 0 Å². The first-order valence-electron chi connectivity index (χ1n) is 10.3. The highest BCUT2D eigenvalue weighted by Gasteiger charge is 2.45. The highest BCUT2D eigenvalue weighted by molar-refractivity contribution is 6.31. The second-order valence-corrected chi connectivity index (χ2v) is 8.11. The molecule has 9 heteroatoms. The molecule has 1 heterocycles. The van der Waals surface area contributed by atoms with E-state index in [1.165, 1.54) is 32.1 Å². The topological polar surface area (TPSA) is 147 Å². The van der Waals surface area contributed by atoms with Crippen LogP contribution in [0.5, 0.6) is 23.0 Å². The van der Waals surface area contributed by atoms with Crippen molar-refractivity contribution in [1.82, 2.24) is 0 Å². The summed E-state index contributed by atoms with van der Waals surface area (Å²) in [4.78, 5) is 50.5. The summed E-state index contributed by atoms with van der Waals surface area (Å²) < 4.78 is 11.0. The second kappa shape index (κ2) is 7.87. The molecule has 3 N–H and O–H groups in total. The fourth-order valence-electron chi connectivity index (χ4n) is 4.11. The minimum absolute atomic E-state index is 0.0390. The number of phenols is 2. The smallest absolute Gasteiger partial charge is 0.311 e. The predicted molar refractivity (Wildman–Crippen MR) is 118 cm³/mol. The largest absolute Gasteiger partial charge is 0.507 e. The Kier molecular flexibility index (Phi) is 5.28. The van der Waals surface area contributed by atoms with Gasteiger partial charge in [0.2, 0.25) is 5.75 Å². The number of allylic oxidation sites excluding steroid dienone is 4. The molecular formula is C25H20O9. The van der Waals surface area contributed by atoms with Gasteiger partial charge < -0.3 is 24.8 Å². The first kappa shape index (κ1) is 22.8. The van der Waals surface area contributed by atoms with Crippen molar-refractivity contribution in [2.45, 2.75) is 33.0 Å². The van der Waals surface area contributed by atoms with Crippen molar-refractivity contribution in [3.05, 3.63) is 69.8 Å². The van der Waals surface area contributed by atoms with Crippen molar-refractivity contribution in [2.75, 3.05) is 0 Å². The number of fused-ring (bicyclic) bond motifs is 3. The quantitative estimate of drug-likeness (QED) is 0.293. The Labute approximate surface area is 193 Å². The number of carboxylic acid groups (broad SMARTS) is 1. The monoisotopic (exact) mass is 464 g/mol. The minimum Gasteiger partial charge on any atom is -0.507 e. The molecule has 0 radical (unpaired) electrons. The zero-order chi connectivity index (χ0) is 24.9. The molecule has 9 nitrogen and oxygen atoms in total. The Bertz CT molecular complexity index is 1360. The summed E-state index contributed by atoms with van der Waals surface area (Å²) in [6.07, 6.45) is 5.44. The van der Waals surface area contributed by atoms with Crippen molar-refractivity contribution in [3.63, 3.8) is 0 Å². The first-order chi connectivity index (χ1) is 16.0. The third-order valence-corrected chi connectivity index (χ3v) is 5.64. The molecule has 174 valence electrons. The molecule has 0 saturated carbocycles. The maximum atomic E-state index is 13.4. The van der Waals surface area contributed by atoms with Gasteiger partial charge in [0.05, 0.1) is 11.1 Å². The summed E-state index contributed by atoms with van der Waals surface area (Å²) in [6, 6.07) is 2.33. The number of phenolic OH excluding ortho intramolecular Hbond substituents is 2. The Morgan fingerprint density at radius 3 is 2.29 bits per heavy atom. The van der Waals surface area contributed by atoms with E-state index in [4.69, 9.17) is 14.6 Å². The third kappa shape index (κ3) is 3.42. The van der Waals surface area contributed by atoms with Gasteiger partial charge in [-0.2, -0.15) is 0 Å². The van der Waals surface area contributed by atoms with Crippen molar-refractivity contribution in [3.8, 4) is 23.0 Å². The molecule has 0 spiro atoms. The molecule has 0 bridgehead atoms. The van der Waals surface area contributed by atoms with Crippen LogP contribution in [0.15, 0.2) is 36.4 Å². The van der Waals surface area contributed by atoms with Crippen LogP contribution in [0.2, 0.25) is 0 Å². The average molecular weight is 464 g/mol. The standard InChI is InChI=1S/C25H20O9/c1-4-5-6-7-15(26)12-8-13-18(11(2)20(12)29)21(30)14-9-16-24(23(32)19(14)22(13)31)34-25(3,33-16)10-17(27)28/h4-9,29,32H,10H2,1-3H3,(H,27,28). The molecule has 0 amide bonds. The van der Waals surface area contributed by atoms with E-state index in [-0.39, 0.29) is 44.9 Å². The number of carbonyl (C=O) groups is 4. The lowest BCUT2D eigenvalue weighted by Gasteiger charge is -2.22. The summed E-state index contributed by atoms with van der Waals surface area (Å²) in [7, 11) is 0. The Morgan fingerprint density at radius 1 is 1.00 bits per heavy atom. The van der Waals surface area contributed by atoms with Crippen molar-refractivity contribution in [1.29, 1.82) is 0 Å². The lowest BCUT2D eigenvalue weighted by molar-refractivity contribution is -0.149. The normalized spacial score (nSPS) is 18.4. The molecule has 1 unspecified atom stereocenters. The zero-order valence-electron chi connectivity index (χ0n) is 18.5. The number of carboxylic acids is 1. The Balaban J connectivity index is 1.86. The molecular weight excluding hydrogens is 444 g/mol. The summed E-state index contributed by atoms with van der Waals surface area (Å²) in [5.41, 5.74) is -0.930. The first-order valence-corrected chi connectivity index (χ1v) is 10.3. The number of aliphatic carboxylic acids is 1. The highest BCUT2D eigenvalue weighted by atomic mass is 16.7. The molecule has 4 rings (SSSR count). The number of ketones is 3. The molecule has 2 aromatic rings. The molecule has 1 aliphatic carbocycles. The molecule has 1 aliphatic heterocycles. The number of hydrogen-bond acceptors (Lipinski definition) is 8. The van der Waals surface area contributed by atoms with Crippen molar-refractivity contribution >= 4 is 23.3 Å². The fourth-order valence-corrected chi connectivity index (χ4v) is 4.11. The fraction of sp³-hybridized carbons (Fsp3) is 0.200. The van der Waals surface area contributed by atoms with Gasteiger partial charge in [-0.15, -0.1) is 0 Å². The number of benzene rings is 2. The lowest BCUT2D eigenvalue weighted by atomic mass is 9.79. The van der Waals surface area contributed by atoms with E-state index >= 15 is 0 Å². The molecule has 2 aromatic carbocycles. The lowest BCUT2D eigenvalue weighted by Crippen LogP contribution is -2.37. The van der Waals surface area contributed by atoms with Crippen LogP contribution in [-0.2, 0) is 4.79 Å². The predicted octanol–water partition coefficient (Wildman–Crippen LogP) is 3.46. The highest BCUT2D eigenvalue weighted by Crippen LogP contribution is 2.51. The second-order valence-electron chi connectivity index (χ2n) is 8.11. The third-order valence-electron chi connectivity index (χ3n) is 5.64. The van der Waals surface area contributed by atoms with E-state index in [1.54, 1.807) is 19.1 Å². The summed E-state index contributed by atoms with van der Waals surface area (Å²) in [5.74, 6) is -6.32. The molecule has 0 aromatic heterocycles. The number of aromatic hydroxyl groups is 2. The Hall–Kier alpha value is -4.40. The van der Waals surface area contributed by atoms with Gasteiger partial charge in [-0.1, -0.05) is 18.2 Å². The molecule has 0 fully saturated rings. The Morgan fingerprint density at radius 2 is 1.65 bits per heavy atom. The average Bonchev–Trinajstić information content (AvgIpc) is 3.09. The van der Waals surface area contributed by atoms with Gasteiger partial charge >= 0.3 is 5.97 Å². The van der Waals surface area contributed by atoms with Crippen molar-refractivity contribution < 1.29 is 44.0 Å². The van der Waals surface area contributed by atoms with Crippen LogP contribution in [0, 0.1) is 6.92 Å². The van der Waals surface area contributed by atoms with Gasteiger partial charge in [-0.25, -0.2) is 0 Å². The van der Waals surface area contributed by atoms with E-state index in [1.807, 2.05) is 0 Å². The summed E-state index contributed by atoms with van der Waals surface area (Å²) in [6.45, 7) is 4.52. The summed E-state index contributed by atoms with van der Waals surface area (Å²) in [5, 5.41) is 30.5. The van der Waals surface area contributed by atoms with Crippen molar-refractivity contribution in [2.24, 2.45) is 0 Å². The van der Waals surface area contributed by atoms with Crippen LogP contribution < -0.4 is 9.47 Å². The zero-order valence-corrected chi connectivity index (χ0v) is 18.5. The molecule has 0 saturated heterocycles. The molecule has 34 heavy (non-hydrogen) atoms. The SMILES string of the molecule is CC=CC=CC(=O)c1cc2c(c(C)c1O)C(=O)c1cc3c(c(O)c1C2=O)OC(C)(CC(=O)O)O3. The van der Waals surface area contributed by atoms with E-state index in [9.17, 15) is 29.4 Å². The van der Waals surface area contributed by atoms with Gasteiger partial charge in [-0.3, -0.25) is 19.2 Å². The van der Waals surface area contributed by atoms with Gasteiger partial charge in [0.1, 0.15) is 12.2 Å². The van der Waals surface area contributed by atoms with E-state index < -0.39 is 47.0 Å². The van der Waals surface area contributed by atoms with Crippen LogP contribution in [0.1, 0.15) is 68.0 Å². The van der Waals surface area contributed by atoms with Gasteiger partial charge in [0.25, 0.3) is 5.79 Å². The number of carbonyl (C=O) groups excluding carboxylic acids is 3. The van der Waals surface area contributed by atoms with Gasteiger partial charge in [-0.05, 0) is 32.1 Å². The van der Waals surface area contributed by atoms with Crippen LogP contribution in [-0.4, -0.2) is 44.4 Å². The van der Waals surface area contributed by atoms with Gasteiger partial charge in [0, 0.05) is 29.2 Å². The van der Waals surface area contributed by atoms with Gasteiger partial charge in [0.15, 0.2) is 28.8 Å². The number of ether oxygens (including phenoxy) is 2. The van der Waals surface area contributed by atoms with E-state index in [0.29, 0.717) is 0 Å². The number of hydrogen-bond donors (Lipinski definition) is 3. The molecule has 2 aliphatic rings. The maximum absolute atomic E-state index is 13.4. The maximum Gasteiger partial charge on any atom is 0.311 e. The minimum atomic E-state index is -1.65. The molecule has 1 atom stereocenters. The summed E-state index contributed by atoms with van der Waals surface area (Å²) >= 11 is 0. The number of rotatable bonds is 5. The van der Waals surface area contributed by atoms with E-state index in [2.05, 4.69) is 0 Å². The van der Waals surface area contributed by atoms with Crippen LogP contribution >= 0.6 is 0 Å².